The molecule has 6 heteroatoms. The molecule has 0 atom stereocenters. The van der Waals surface area contributed by atoms with Crippen LogP contribution in [0.5, 0.6) is 5.75 Å². The van der Waals surface area contributed by atoms with Crippen LogP contribution in [0, 0.1) is 6.92 Å². The molecule has 0 saturated carbocycles. The molecule has 0 spiro atoms. The van der Waals surface area contributed by atoms with Crippen LogP contribution in [-0.2, 0) is 6.61 Å². The molecule has 0 saturated heterocycles. The van der Waals surface area contributed by atoms with Crippen LogP contribution < -0.4 is 10.2 Å². The van der Waals surface area contributed by atoms with Gasteiger partial charge in [-0.2, -0.15) is 5.10 Å². The van der Waals surface area contributed by atoms with Crippen molar-refractivity contribution in [2.45, 2.75) is 13.5 Å². The molecule has 3 aromatic rings. The quantitative estimate of drug-likeness (QED) is 0.471. The highest BCUT2D eigenvalue weighted by atomic mass is 79.9. The van der Waals surface area contributed by atoms with E-state index < -0.39 is 0 Å². The molecular weight excluding hydrogens is 396 g/mol. The number of nitrogens with one attached hydrogen (secondary N) is 1. The fraction of sp³-hybridized carbons (Fsp3) is 0.100. The van der Waals surface area contributed by atoms with Crippen molar-refractivity contribution in [3.05, 3.63) is 87.8 Å². The number of benzene rings is 2. The topological polar surface area (TPSA) is 63.8 Å². The lowest BCUT2D eigenvalue weighted by molar-refractivity contribution is 0.0953. The largest absolute Gasteiger partial charge is 0.488 e. The second-order valence-electron chi connectivity index (χ2n) is 5.55. The van der Waals surface area contributed by atoms with Crippen LogP contribution in [0.25, 0.3) is 0 Å². The predicted octanol–water partition coefficient (Wildman–Crippen LogP) is 4.69. The number of nitrogens with zero attached hydrogens (tertiary/aromatic N) is 1. The predicted molar refractivity (Wildman–Crippen MR) is 103 cm³/mol. The number of halogens is 1. The highest BCUT2D eigenvalue weighted by molar-refractivity contribution is 9.10. The van der Waals surface area contributed by atoms with Gasteiger partial charge in [0.25, 0.3) is 5.91 Å². The summed E-state index contributed by atoms with van der Waals surface area (Å²) in [6, 6.07) is 17.1. The average molecular weight is 413 g/mol. The van der Waals surface area contributed by atoms with Crippen LogP contribution in [0.4, 0.5) is 0 Å². The van der Waals surface area contributed by atoms with Gasteiger partial charge in [0.2, 0.25) is 0 Å². The Balaban J connectivity index is 1.69. The summed E-state index contributed by atoms with van der Waals surface area (Å²) in [5.41, 5.74) is 4.77. The number of furan rings is 1. The van der Waals surface area contributed by atoms with Crippen molar-refractivity contribution in [1.29, 1.82) is 0 Å². The first-order valence-electron chi connectivity index (χ1n) is 7.97. The molecule has 0 fully saturated rings. The fourth-order valence-electron chi connectivity index (χ4n) is 2.33. The normalized spacial score (nSPS) is 10.8. The van der Waals surface area contributed by atoms with Crippen LogP contribution in [0.15, 0.2) is 74.9 Å². The van der Waals surface area contributed by atoms with E-state index in [9.17, 15) is 4.79 Å². The lowest BCUT2D eigenvalue weighted by Gasteiger charge is -2.09. The third-order valence-electron chi connectivity index (χ3n) is 3.68. The number of hydrogen-bond donors (Lipinski definition) is 1. The van der Waals surface area contributed by atoms with Crippen molar-refractivity contribution >= 4 is 28.1 Å². The van der Waals surface area contributed by atoms with Gasteiger partial charge in [-0.15, -0.1) is 0 Å². The zero-order valence-electron chi connectivity index (χ0n) is 14.1. The number of hydrazone groups is 1. The maximum absolute atomic E-state index is 12.1. The minimum absolute atomic E-state index is 0.325. The molecule has 0 unspecified atom stereocenters. The van der Waals surface area contributed by atoms with Crippen LogP contribution in [0.1, 0.15) is 27.2 Å². The van der Waals surface area contributed by atoms with Crippen LogP contribution in [-0.4, -0.2) is 12.1 Å². The van der Waals surface area contributed by atoms with Gasteiger partial charge in [-0.05, 0) is 36.8 Å². The molecule has 5 nitrogen and oxygen atoms in total. The SMILES string of the molecule is Cc1occc1C(=O)N/N=C\c1cc(Br)ccc1OCc1ccccc1. The van der Waals surface area contributed by atoms with Gasteiger partial charge >= 0.3 is 0 Å². The van der Waals surface area contributed by atoms with E-state index in [-0.39, 0.29) is 5.91 Å². The van der Waals surface area contributed by atoms with Crippen molar-refractivity contribution in [1.82, 2.24) is 5.43 Å². The number of aryl methyl sites for hydroxylation is 1. The standard InChI is InChI=1S/C20H17BrN2O3/c1-14-18(9-10-25-14)20(24)23-22-12-16-11-17(21)7-8-19(16)26-13-15-5-3-2-4-6-15/h2-12H,13H2,1H3,(H,23,24)/b22-12-. The number of carbonyl (C=O) groups is 1. The smallest absolute Gasteiger partial charge is 0.274 e. The van der Waals surface area contributed by atoms with E-state index in [0.717, 1.165) is 15.6 Å². The molecule has 3 rings (SSSR count). The van der Waals surface area contributed by atoms with Crippen LogP contribution >= 0.6 is 15.9 Å². The number of hydrogen-bond acceptors (Lipinski definition) is 4. The van der Waals surface area contributed by atoms with E-state index in [1.54, 1.807) is 19.2 Å². The molecule has 26 heavy (non-hydrogen) atoms. The molecule has 132 valence electrons. The summed E-state index contributed by atoms with van der Waals surface area (Å²) in [4.78, 5) is 12.1. The monoisotopic (exact) mass is 412 g/mol. The van der Waals surface area contributed by atoms with E-state index >= 15 is 0 Å². The number of carbonyl (C=O) groups excluding carboxylic acids is 1. The summed E-state index contributed by atoms with van der Waals surface area (Å²) < 4.78 is 11.9. The molecule has 1 N–H and O–H groups in total. The Labute approximate surface area is 159 Å². The summed E-state index contributed by atoms with van der Waals surface area (Å²) in [6.45, 7) is 2.17. The molecule has 1 aromatic heterocycles. The summed E-state index contributed by atoms with van der Waals surface area (Å²) in [5.74, 6) is 0.899. The molecule has 0 aliphatic carbocycles. The zero-order chi connectivity index (χ0) is 18.4. The Morgan fingerprint density at radius 1 is 1.23 bits per heavy atom. The van der Waals surface area contributed by atoms with Crippen molar-refractivity contribution < 1.29 is 13.9 Å². The van der Waals surface area contributed by atoms with E-state index in [1.165, 1.54) is 6.26 Å². The summed E-state index contributed by atoms with van der Waals surface area (Å²) in [5, 5.41) is 4.03. The second-order valence-corrected chi connectivity index (χ2v) is 6.46. The van der Waals surface area contributed by atoms with Gasteiger partial charge in [0.1, 0.15) is 18.1 Å². The van der Waals surface area contributed by atoms with Crippen LogP contribution in [0.3, 0.4) is 0 Å². The minimum atomic E-state index is -0.325. The van der Waals surface area contributed by atoms with Gasteiger partial charge in [0.05, 0.1) is 18.0 Å². The highest BCUT2D eigenvalue weighted by Crippen LogP contribution is 2.23. The van der Waals surface area contributed by atoms with Gasteiger partial charge in [-0.25, -0.2) is 5.43 Å². The molecule has 1 heterocycles. The zero-order valence-corrected chi connectivity index (χ0v) is 15.7. The Hall–Kier alpha value is -2.86. The lowest BCUT2D eigenvalue weighted by Crippen LogP contribution is -2.17. The minimum Gasteiger partial charge on any atom is -0.488 e. The van der Waals surface area contributed by atoms with Gasteiger partial charge in [0, 0.05) is 10.0 Å². The lowest BCUT2D eigenvalue weighted by atomic mass is 10.2. The fourth-order valence-corrected chi connectivity index (χ4v) is 2.71. The third-order valence-corrected chi connectivity index (χ3v) is 4.18. The first-order chi connectivity index (χ1) is 12.6. The van der Waals surface area contributed by atoms with Gasteiger partial charge in [-0.1, -0.05) is 46.3 Å². The summed E-state index contributed by atoms with van der Waals surface area (Å²) >= 11 is 3.44. The number of amides is 1. The average Bonchev–Trinajstić information content (AvgIpc) is 3.08. The van der Waals surface area contributed by atoms with Gasteiger partial charge < -0.3 is 9.15 Å². The van der Waals surface area contributed by atoms with Crippen molar-refractivity contribution in [2.75, 3.05) is 0 Å². The highest BCUT2D eigenvalue weighted by Gasteiger charge is 2.10. The number of ether oxygens (including phenoxy) is 1. The van der Waals surface area contributed by atoms with Gasteiger partial charge in [-0.3, -0.25) is 4.79 Å². The second kappa shape index (κ2) is 8.49. The first kappa shape index (κ1) is 17.9. The molecule has 0 aliphatic rings. The molecule has 0 aliphatic heterocycles. The maximum atomic E-state index is 12.1. The van der Waals surface area contributed by atoms with Gasteiger partial charge in [0.15, 0.2) is 0 Å². The Morgan fingerprint density at radius 3 is 2.77 bits per heavy atom. The van der Waals surface area contributed by atoms with E-state index in [2.05, 4.69) is 26.5 Å². The first-order valence-corrected chi connectivity index (χ1v) is 8.76. The van der Waals surface area contributed by atoms with E-state index in [0.29, 0.717) is 23.7 Å². The molecule has 0 bridgehead atoms. The maximum Gasteiger partial charge on any atom is 0.274 e. The Morgan fingerprint density at radius 2 is 2.04 bits per heavy atom. The van der Waals surface area contributed by atoms with Crippen molar-refractivity contribution in [3.63, 3.8) is 0 Å². The number of rotatable bonds is 6. The Kier molecular flexibility index (Phi) is 5.86. The molecule has 2 aromatic carbocycles. The van der Waals surface area contributed by atoms with Crippen LogP contribution in [0.2, 0.25) is 0 Å². The Bertz CT molecular complexity index is 920. The van der Waals surface area contributed by atoms with Crippen molar-refractivity contribution in [3.8, 4) is 5.75 Å². The third kappa shape index (κ3) is 4.61. The van der Waals surface area contributed by atoms with E-state index in [1.807, 2.05) is 48.5 Å². The molecular formula is C20H17BrN2O3. The summed E-state index contributed by atoms with van der Waals surface area (Å²) in [7, 11) is 0. The molecule has 0 radical (unpaired) electrons. The summed E-state index contributed by atoms with van der Waals surface area (Å²) in [6.07, 6.45) is 3.02. The van der Waals surface area contributed by atoms with E-state index in [4.69, 9.17) is 9.15 Å². The van der Waals surface area contributed by atoms with Crippen molar-refractivity contribution in [2.24, 2.45) is 5.10 Å². The molecule has 1 amide bonds.